The number of carbonyl (C=O) groups excluding carboxylic acids is 3. The number of hydrogen-bond acceptors (Lipinski definition) is 6. The molecule has 4 fully saturated rings. The van der Waals surface area contributed by atoms with Crippen LogP contribution in [-0.2, 0) is 23.9 Å². The highest BCUT2D eigenvalue weighted by atomic mass is 16.5. The molecule has 5 rings (SSSR count). The predicted molar refractivity (Wildman–Crippen MR) is 87.6 cm³/mol. The Balaban J connectivity index is 1.57. The fourth-order valence-corrected chi connectivity index (χ4v) is 6.29. The minimum Gasteiger partial charge on any atom is -0.472 e. The molecule has 26 heavy (non-hydrogen) atoms. The van der Waals surface area contributed by atoms with Gasteiger partial charge in [-0.2, -0.15) is 0 Å². The molecule has 1 spiro atoms. The highest BCUT2D eigenvalue weighted by Crippen LogP contribution is 2.66. The molecule has 6 nitrogen and oxygen atoms in total. The maximum absolute atomic E-state index is 12.8. The fraction of sp³-hybridized carbons (Fsp3) is 0.650. The van der Waals surface area contributed by atoms with Gasteiger partial charge >= 0.3 is 11.9 Å². The first-order valence-corrected chi connectivity index (χ1v) is 9.35. The van der Waals surface area contributed by atoms with Crippen LogP contribution >= 0.6 is 0 Å². The number of rotatable bonds is 1. The Morgan fingerprint density at radius 2 is 1.96 bits per heavy atom. The largest absolute Gasteiger partial charge is 0.472 e. The second-order valence-electron chi connectivity index (χ2n) is 8.68. The van der Waals surface area contributed by atoms with E-state index < -0.39 is 5.41 Å². The van der Waals surface area contributed by atoms with E-state index in [2.05, 4.69) is 6.92 Å². The van der Waals surface area contributed by atoms with Crippen molar-refractivity contribution in [1.82, 2.24) is 0 Å². The van der Waals surface area contributed by atoms with Crippen LogP contribution in [0.15, 0.2) is 23.0 Å². The molecule has 4 aliphatic rings. The van der Waals surface area contributed by atoms with Crippen molar-refractivity contribution in [3.63, 3.8) is 0 Å². The zero-order valence-corrected chi connectivity index (χ0v) is 14.7. The molecule has 6 atom stereocenters. The minimum absolute atomic E-state index is 0.0336. The molecule has 6 heteroatoms. The molecule has 2 aliphatic heterocycles. The van der Waals surface area contributed by atoms with Gasteiger partial charge < -0.3 is 13.9 Å². The summed E-state index contributed by atoms with van der Waals surface area (Å²) in [5.41, 5.74) is 0.141. The predicted octanol–water partition coefficient (Wildman–Crippen LogP) is 2.82. The maximum atomic E-state index is 12.8. The van der Waals surface area contributed by atoms with E-state index in [0.29, 0.717) is 25.9 Å². The Kier molecular flexibility index (Phi) is 3.22. The Morgan fingerprint density at radius 3 is 2.73 bits per heavy atom. The summed E-state index contributed by atoms with van der Waals surface area (Å²) in [6.45, 7) is 2.48. The van der Waals surface area contributed by atoms with Gasteiger partial charge in [0.15, 0.2) is 0 Å². The topological polar surface area (TPSA) is 82.8 Å². The first-order valence-electron chi connectivity index (χ1n) is 9.35. The first-order chi connectivity index (χ1) is 12.4. The van der Waals surface area contributed by atoms with E-state index in [1.807, 2.05) is 6.07 Å². The summed E-state index contributed by atoms with van der Waals surface area (Å²) in [5, 5.41) is 0. The summed E-state index contributed by atoms with van der Waals surface area (Å²) >= 11 is 0. The SMILES string of the molecule is C[C@]12C[C@H](c3ccoc3)OC(=O)[C@@H]1CC[C@@]13COC(=O)[C@@H]1CC(=O)C[C@H]23. The van der Waals surface area contributed by atoms with Gasteiger partial charge in [-0.25, -0.2) is 0 Å². The minimum atomic E-state index is -0.391. The van der Waals surface area contributed by atoms with Crippen molar-refractivity contribution in [3.8, 4) is 0 Å². The van der Waals surface area contributed by atoms with Gasteiger partial charge in [-0.3, -0.25) is 14.4 Å². The average molecular weight is 358 g/mol. The summed E-state index contributed by atoms with van der Waals surface area (Å²) in [4.78, 5) is 37.6. The third-order valence-corrected chi connectivity index (χ3v) is 7.59. The molecule has 2 saturated heterocycles. The van der Waals surface area contributed by atoms with Crippen molar-refractivity contribution in [2.45, 2.75) is 45.1 Å². The standard InChI is InChI=1S/C20H22O6/c1-19-8-15(11-3-5-24-9-11)26-18(23)13(19)2-4-20-10-25-17(22)14(20)6-12(21)7-16(19)20/h3,5,9,13-16H,2,4,6-8,10H2,1H3/t13-,14-,15+,16+,19-,20+/m0/s1. The highest BCUT2D eigenvalue weighted by molar-refractivity contribution is 5.88. The number of ether oxygens (including phenoxy) is 2. The smallest absolute Gasteiger partial charge is 0.310 e. The molecule has 1 aromatic heterocycles. The van der Waals surface area contributed by atoms with E-state index >= 15 is 0 Å². The van der Waals surface area contributed by atoms with Crippen LogP contribution in [0.25, 0.3) is 0 Å². The van der Waals surface area contributed by atoms with Gasteiger partial charge in [0.1, 0.15) is 11.9 Å². The van der Waals surface area contributed by atoms with Crippen LogP contribution in [0.3, 0.4) is 0 Å². The summed E-state index contributed by atoms with van der Waals surface area (Å²) in [6, 6.07) is 1.82. The van der Waals surface area contributed by atoms with Crippen molar-refractivity contribution in [2.24, 2.45) is 28.6 Å². The molecule has 138 valence electrons. The summed E-state index contributed by atoms with van der Waals surface area (Å²) < 4.78 is 16.3. The lowest BCUT2D eigenvalue weighted by Crippen LogP contribution is -2.60. The number of carbonyl (C=O) groups is 3. The van der Waals surface area contributed by atoms with Crippen LogP contribution in [0.4, 0.5) is 0 Å². The first kappa shape index (κ1) is 16.1. The van der Waals surface area contributed by atoms with Crippen LogP contribution in [0.2, 0.25) is 0 Å². The lowest BCUT2D eigenvalue weighted by atomic mass is 9.43. The van der Waals surface area contributed by atoms with Crippen LogP contribution in [0.5, 0.6) is 0 Å². The summed E-state index contributed by atoms with van der Waals surface area (Å²) in [6.07, 6.45) is 5.59. The molecule has 0 bridgehead atoms. The van der Waals surface area contributed by atoms with E-state index in [-0.39, 0.29) is 53.4 Å². The highest BCUT2D eigenvalue weighted by Gasteiger charge is 2.68. The van der Waals surface area contributed by atoms with Crippen molar-refractivity contribution in [1.29, 1.82) is 0 Å². The van der Waals surface area contributed by atoms with Crippen LogP contribution in [0, 0.1) is 28.6 Å². The second-order valence-corrected chi connectivity index (χ2v) is 8.68. The zero-order valence-electron chi connectivity index (χ0n) is 14.7. The Morgan fingerprint density at radius 1 is 1.12 bits per heavy atom. The van der Waals surface area contributed by atoms with Crippen LogP contribution in [-0.4, -0.2) is 24.3 Å². The Bertz CT molecular complexity index is 782. The molecular weight excluding hydrogens is 336 g/mol. The molecule has 0 aromatic carbocycles. The van der Waals surface area contributed by atoms with E-state index in [9.17, 15) is 14.4 Å². The molecule has 2 aliphatic carbocycles. The normalized spacial score (nSPS) is 44.6. The lowest BCUT2D eigenvalue weighted by Gasteiger charge is -2.59. The number of Topliss-reactive ketones (excluding diaryl/α,β-unsaturated/α-hetero) is 1. The molecule has 0 radical (unpaired) electrons. The van der Waals surface area contributed by atoms with Gasteiger partial charge in [0, 0.05) is 23.8 Å². The third kappa shape index (κ3) is 1.96. The molecule has 1 aromatic rings. The van der Waals surface area contributed by atoms with Gasteiger partial charge in [0.2, 0.25) is 0 Å². The van der Waals surface area contributed by atoms with E-state index in [1.54, 1.807) is 12.5 Å². The van der Waals surface area contributed by atoms with E-state index in [4.69, 9.17) is 13.9 Å². The van der Waals surface area contributed by atoms with Gasteiger partial charge in [0.05, 0.1) is 31.0 Å². The molecule has 0 N–H and O–H groups in total. The van der Waals surface area contributed by atoms with Crippen molar-refractivity contribution in [3.05, 3.63) is 24.2 Å². The summed E-state index contributed by atoms with van der Waals surface area (Å²) in [5.74, 6) is -0.946. The molecule has 0 unspecified atom stereocenters. The monoisotopic (exact) mass is 358 g/mol. The quantitative estimate of drug-likeness (QED) is 0.718. The molecule has 2 saturated carbocycles. The van der Waals surface area contributed by atoms with Crippen molar-refractivity contribution >= 4 is 17.7 Å². The Hall–Kier alpha value is -2.11. The number of ketones is 1. The van der Waals surface area contributed by atoms with E-state index in [1.165, 1.54) is 0 Å². The van der Waals surface area contributed by atoms with Gasteiger partial charge in [-0.1, -0.05) is 6.92 Å². The molecule has 0 amide bonds. The average Bonchev–Trinajstić information content (AvgIpc) is 3.23. The molecule has 3 heterocycles. The number of fused-ring (bicyclic) bond motifs is 2. The molecular formula is C20H22O6. The number of furan rings is 1. The van der Waals surface area contributed by atoms with E-state index in [0.717, 1.165) is 12.0 Å². The number of esters is 2. The second kappa shape index (κ2) is 5.21. The van der Waals surface area contributed by atoms with Crippen LogP contribution in [0.1, 0.15) is 50.7 Å². The number of cyclic esters (lactones) is 2. The zero-order chi connectivity index (χ0) is 18.1. The lowest BCUT2D eigenvalue weighted by molar-refractivity contribution is -0.200. The Labute approximate surface area is 151 Å². The fourth-order valence-electron chi connectivity index (χ4n) is 6.29. The summed E-state index contributed by atoms with van der Waals surface area (Å²) in [7, 11) is 0. The van der Waals surface area contributed by atoms with Gasteiger partial charge in [-0.15, -0.1) is 0 Å². The van der Waals surface area contributed by atoms with Gasteiger partial charge in [0.25, 0.3) is 0 Å². The number of hydrogen-bond donors (Lipinski definition) is 0. The van der Waals surface area contributed by atoms with Crippen LogP contribution < -0.4 is 0 Å². The maximum Gasteiger partial charge on any atom is 0.310 e. The van der Waals surface area contributed by atoms with Crippen molar-refractivity contribution in [2.75, 3.05) is 6.61 Å². The third-order valence-electron chi connectivity index (χ3n) is 7.59. The van der Waals surface area contributed by atoms with Crippen molar-refractivity contribution < 1.29 is 28.3 Å². The van der Waals surface area contributed by atoms with Gasteiger partial charge in [-0.05, 0) is 36.7 Å².